The molecule has 0 aliphatic carbocycles. The molecule has 1 amide bonds. The van der Waals surface area contributed by atoms with E-state index in [0.29, 0.717) is 30.4 Å². The van der Waals surface area contributed by atoms with Gasteiger partial charge in [0, 0.05) is 25.4 Å². The third-order valence-corrected chi connectivity index (χ3v) is 6.98. The molecule has 11 nitrogen and oxygen atoms in total. The lowest BCUT2D eigenvalue weighted by Gasteiger charge is -2.22. The van der Waals surface area contributed by atoms with Crippen molar-refractivity contribution in [1.82, 2.24) is 23.9 Å². The molecule has 0 aromatic carbocycles. The van der Waals surface area contributed by atoms with Crippen molar-refractivity contribution >= 4 is 35.2 Å². The predicted octanol–water partition coefficient (Wildman–Crippen LogP) is 5.67. The number of allylic oxidation sites excluding steroid dienone is 1. The maximum Gasteiger partial charge on any atom is 0.416 e. The summed E-state index contributed by atoms with van der Waals surface area (Å²) in [5, 5.41) is 2.75. The van der Waals surface area contributed by atoms with E-state index in [1.165, 1.54) is 37.0 Å². The minimum Gasteiger partial charge on any atom is -0.475 e. The number of amides is 1. The molecule has 0 radical (unpaired) electrons. The van der Waals surface area contributed by atoms with E-state index < -0.39 is 12.1 Å². The third kappa shape index (κ3) is 12.8. The lowest BCUT2D eigenvalue weighted by atomic mass is 10.1. The normalized spacial score (nSPS) is 11.5. The number of unbranched alkanes of at least 4 members (excludes halogenated alkanes) is 7. The first-order valence-electron chi connectivity index (χ1n) is 14.9. The van der Waals surface area contributed by atoms with Crippen LogP contribution in [0.15, 0.2) is 24.4 Å². The van der Waals surface area contributed by atoms with Gasteiger partial charge in [0.25, 0.3) is 5.88 Å². The average Bonchev–Trinajstić information content (AvgIpc) is 3.46. The van der Waals surface area contributed by atoms with E-state index in [1.807, 2.05) is 11.9 Å². The molecule has 2 rings (SSSR count). The topological polar surface area (TPSA) is 119 Å². The highest BCUT2D eigenvalue weighted by molar-refractivity contribution is 6.99. The number of aromatic nitrogens is 3. The largest absolute Gasteiger partial charge is 0.475 e. The number of carbonyl (C=O) groups excluding carboxylic acids is 2. The number of anilines is 1. The summed E-state index contributed by atoms with van der Waals surface area (Å²) >= 11 is 1.15. The van der Waals surface area contributed by atoms with Crippen LogP contribution in [0.5, 0.6) is 5.88 Å². The fourth-order valence-corrected chi connectivity index (χ4v) is 4.67. The van der Waals surface area contributed by atoms with Crippen LogP contribution in [-0.4, -0.2) is 78.3 Å². The van der Waals surface area contributed by atoms with Crippen molar-refractivity contribution in [2.75, 3.05) is 52.5 Å². The van der Waals surface area contributed by atoms with Crippen molar-refractivity contribution in [3.05, 3.63) is 35.7 Å². The summed E-state index contributed by atoms with van der Waals surface area (Å²) in [5.74, 6) is 0.539. The molecule has 0 unspecified atom stereocenters. The summed E-state index contributed by atoms with van der Waals surface area (Å²) in [6, 6.07) is 3.48. The number of carbonyl (C=O) groups is 2. The molecule has 12 heteroatoms. The van der Waals surface area contributed by atoms with Crippen molar-refractivity contribution in [2.24, 2.45) is 0 Å². The number of esters is 1. The Morgan fingerprint density at radius 3 is 2.52 bits per heavy atom. The Hall–Kier alpha value is -3.09. The molecular weight excluding hydrogens is 556 g/mol. The summed E-state index contributed by atoms with van der Waals surface area (Å²) in [7, 11) is 5.13. The standard InChI is InChI=1S/C30H48N6O5S/c1-6-8-10-12-13-16-24(27-29(34-42-33-27)39-19-14-11-9-7-2)21-35(4)23-41-30(38)36(5)28-25(17-15-18-32-28)22-40-26(37)20-31-3/h15-18,31H,6-14,19-23H2,1-5H3/b24-16+. The Morgan fingerprint density at radius 2 is 1.79 bits per heavy atom. The first-order chi connectivity index (χ1) is 20.4. The molecule has 0 spiro atoms. The Morgan fingerprint density at radius 1 is 1.02 bits per heavy atom. The molecular formula is C30H48N6O5S. The lowest BCUT2D eigenvalue weighted by molar-refractivity contribution is -0.143. The second kappa shape index (κ2) is 20.7. The van der Waals surface area contributed by atoms with Gasteiger partial charge in [-0.1, -0.05) is 64.5 Å². The summed E-state index contributed by atoms with van der Waals surface area (Å²) in [6.45, 7) is 5.67. The number of ether oxygens (including phenoxy) is 3. The average molecular weight is 605 g/mol. The molecule has 42 heavy (non-hydrogen) atoms. The summed E-state index contributed by atoms with van der Waals surface area (Å²) in [5.41, 5.74) is 2.36. The number of nitrogens with zero attached hydrogens (tertiary/aromatic N) is 5. The number of rotatable bonds is 21. The molecule has 0 saturated carbocycles. The van der Waals surface area contributed by atoms with Gasteiger partial charge in [0.05, 0.1) is 24.9 Å². The molecule has 2 aromatic rings. The Bertz CT molecular complexity index is 1100. The molecule has 234 valence electrons. The molecule has 2 heterocycles. The second-order valence-corrected chi connectivity index (χ2v) is 10.7. The van der Waals surface area contributed by atoms with Gasteiger partial charge in [-0.25, -0.2) is 9.78 Å². The zero-order chi connectivity index (χ0) is 30.6. The molecule has 0 saturated heterocycles. The first kappa shape index (κ1) is 35.1. The van der Waals surface area contributed by atoms with Crippen LogP contribution in [0.4, 0.5) is 10.6 Å². The Kier molecular flexibility index (Phi) is 17.3. The highest BCUT2D eigenvalue weighted by atomic mass is 32.1. The highest BCUT2D eigenvalue weighted by Gasteiger charge is 2.20. The summed E-state index contributed by atoms with van der Waals surface area (Å²) in [4.78, 5) is 32.2. The van der Waals surface area contributed by atoms with Crippen LogP contribution in [0, 0.1) is 0 Å². The highest BCUT2D eigenvalue weighted by Crippen LogP contribution is 2.26. The fraction of sp³-hybridized carbons (Fsp3) is 0.633. The molecule has 0 aliphatic heterocycles. The van der Waals surface area contributed by atoms with Crippen molar-refractivity contribution < 1.29 is 23.8 Å². The number of hydrogen-bond donors (Lipinski definition) is 1. The monoisotopic (exact) mass is 604 g/mol. The van der Waals surface area contributed by atoms with Crippen LogP contribution in [0.2, 0.25) is 0 Å². The van der Waals surface area contributed by atoms with Crippen LogP contribution in [-0.2, 0) is 20.9 Å². The predicted molar refractivity (Wildman–Crippen MR) is 167 cm³/mol. The van der Waals surface area contributed by atoms with E-state index in [0.717, 1.165) is 48.7 Å². The number of likely N-dealkylation sites (N-methyl/N-ethyl adjacent to an activating group) is 2. The van der Waals surface area contributed by atoms with E-state index in [2.05, 4.69) is 39.0 Å². The van der Waals surface area contributed by atoms with Gasteiger partial charge in [-0.05, 0) is 45.0 Å². The second-order valence-electron chi connectivity index (χ2n) is 10.2. The fourth-order valence-electron chi connectivity index (χ4n) is 4.14. The van der Waals surface area contributed by atoms with Gasteiger partial charge >= 0.3 is 12.1 Å². The molecule has 1 N–H and O–H groups in total. The van der Waals surface area contributed by atoms with Gasteiger partial charge in [-0.15, -0.1) is 4.37 Å². The zero-order valence-corrected chi connectivity index (χ0v) is 26.7. The first-order valence-corrected chi connectivity index (χ1v) is 15.6. The summed E-state index contributed by atoms with van der Waals surface area (Å²) in [6.07, 6.45) is 13.3. The lowest BCUT2D eigenvalue weighted by Crippen LogP contribution is -2.33. The molecule has 2 aromatic heterocycles. The SMILES string of the molecule is CCCCCC/C=C(\CN(C)COC(=O)N(C)c1ncccc1COC(=O)CNC)c1nsnc1OCCCCCC. The van der Waals surface area contributed by atoms with Gasteiger partial charge in [-0.2, -0.15) is 4.37 Å². The molecule has 0 aliphatic rings. The van der Waals surface area contributed by atoms with Crippen molar-refractivity contribution in [3.63, 3.8) is 0 Å². The summed E-state index contributed by atoms with van der Waals surface area (Å²) < 4.78 is 25.9. The van der Waals surface area contributed by atoms with Crippen molar-refractivity contribution in [3.8, 4) is 5.88 Å². The van der Waals surface area contributed by atoms with E-state index in [4.69, 9.17) is 14.2 Å². The van der Waals surface area contributed by atoms with Crippen molar-refractivity contribution in [1.29, 1.82) is 0 Å². The minimum absolute atomic E-state index is 0.00168. The van der Waals surface area contributed by atoms with Crippen LogP contribution < -0.4 is 15.0 Å². The van der Waals surface area contributed by atoms with Gasteiger partial charge in [-0.3, -0.25) is 14.6 Å². The Balaban J connectivity index is 2.01. The van der Waals surface area contributed by atoms with Crippen LogP contribution in [0.25, 0.3) is 5.57 Å². The quantitative estimate of drug-likeness (QED) is 0.108. The number of hydrogen-bond acceptors (Lipinski definition) is 11. The van der Waals surface area contributed by atoms with Crippen LogP contribution in [0.1, 0.15) is 82.9 Å². The van der Waals surface area contributed by atoms with E-state index in [1.54, 1.807) is 32.4 Å². The Labute approximate surface area is 255 Å². The van der Waals surface area contributed by atoms with Gasteiger partial charge in [0.2, 0.25) is 0 Å². The van der Waals surface area contributed by atoms with Gasteiger partial charge in [0.15, 0.2) is 0 Å². The smallest absolute Gasteiger partial charge is 0.416 e. The van der Waals surface area contributed by atoms with Gasteiger partial charge < -0.3 is 19.5 Å². The molecule has 0 fully saturated rings. The number of nitrogens with one attached hydrogen (secondary N) is 1. The van der Waals surface area contributed by atoms with Crippen LogP contribution >= 0.6 is 11.7 Å². The zero-order valence-electron chi connectivity index (χ0n) is 25.9. The maximum atomic E-state index is 12.9. The molecule has 0 bridgehead atoms. The van der Waals surface area contributed by atoms with Gasteiger partial charge in [0.1, 0.15) is 24.8 Å². The van der Waals surface area contributed by atoms with E-state index in [-0.39, 0.29) is 19.9 Å². The van der Waals surface area contributed by atoms with Crippen molar-refractivity contribution in [2.45, 2.75) is 78.2 Å². The minimum atomic E-state index is -0.570. The number of pyridine rings is 1. The van der Waals surface area contributed by atoms with Crippen LogP contribution in [0.3, 0.4) is 0 Å². The molecule has 0 atom stereocenters. The third-order valence-electron chi connectivity index (χ3n) is 6.47. The van der Waals surface area contributed by atoms with E-state index >= 15 is 0 Å². The van der Waals surface area contributed by atoms with E-state index in [9.17, 15) is 9.59 Å². The maximum absolute atomic E-state index is 12.9.